The Hall–Kier alpha value is -2.89. The minimum Gasteiger partial charge on any atom is -0.383 e. The minimum absolute atomic E-state index is 0.171. The molecular weight excluding hydrogens is 264 g/mol. The SMILES string of the molecule is Nc1cc(NCCc2cccc3cccnc23)nc(N)n1. The molecule has 0 atom stereocenters. The molecule has 0 aliphatic heterocycles. The standard InChI is InChI=1S/C15H16N6/c16-12-9-13(21-15(17)20-12)18-8-6-11-4-1-3-10-5-2-7-19-14(10)11/h1-5,7,9H,6,8H2,(H5,16,17,18,20,21). The van der Waals surface area contributed by atoms with Crippen molar-refractivity contribution in [3.05, 3.63) is 48.2 Å². The van der Waals surface area contributed by atoms with E-state index in [9.17, 15) is 0 Å². The molecule has 2 aromatic heterocycles. The fourth-order valence-corrected chi connectivity index (χ4v) is 2.27. The van der Waals surface area contributed by atoms with Crippen LogP contribution in [0.2, 0.25) is 0 Å². The van der Waals surface area contributed by atoms with Gasteiger partial charge in [-0.2, -0.15) is 9.97 Å². The van der Waals surface area contributed by atoms with Crippen molar-refractivity contribution in [1.29, 1.82) is 0 Å². The van der Waals surface area contributed by atoms with Crippen LogP contribution in [0.15, 0.2) is 42.6 Å². The zero-order valence-corrected chi connectivity index (χ0v) is 11.5. The van der Waals surface area contributed by atoms with E-state index in [1.807, 2.05) is 18.3 Å². The summed E-state index contributed by atoms with van der Waals surface area (Å²) in [6.07, 6.45) is 2.64. The molecule has 0 radical (unpaired) electrons. The van der Waals surface area contributed by atoms with Gasteiger partial charge in [0.1, 0.15) is 11.6 Å². The smallest absolute Gasteiger partial charge is 0.223 e. The van der Waals surface area contributed by atoms with Gasteiger partial charge in [-0.15, -0.1) is 0 Å². The molecule has 5 N–H and O–H groups in total. The number of rotatable bonds is 4. The Morgan fingerprint density at radius 3 is 2.76 bits per heavy atom. The third kappa shape index (κ3) is 3.00. The van der Waals surface area contributed by atoms with E-state index >= 15 is 0 Å². The van der Waals surface area contributed by atoms with Crippen LogP contribution in [-0.4, -0.2) is 21.5 Å². The van der Waals surface area contributed by atoms with Crippen LogP contribution in [0.4, 0.5) is 17.6 Å². The summed E-state index contributed by atoms with van der Waals surface area (Å²) in [4.78, 5) is 12.4. The molecule has 0 aliphatic rings. The second-order valence-electron chi connectivity index (χ2n) is 4.71. The number of nitrogens with one attached hydrogen (secondary N) is 1. The fraction of sp³-hybridized carbons (Fsp3) is 0.133. The van der Waals surface area contributed by atoms with Crippen LogP contribution in [0.25, 0.3) is 10.9 Å². The van der Waals surface area contributed by atoms with Crippen molar-refractivity contribution in [2.45, 2.75) is 6.42 Å². The molecule has 6 nitrogen and oxygen atoms in total. The molecule has 6 heteroatoms. The predicted octanol–water partition coefficient (Wildman–Crippen LogP) is 1.84. The Bertz CT molecular complexity index is 745. The van der Waals surface area contributed by atoms with Crippen molar-refractivity contribution >= 4 is 28.5 Å². The largest absolute Gasteiger partial charge is 0.383 e. The molecule has 106 valence electrons. The van der Waals surface area contributed by atoms with E-state index in [4.69, 9.17) is 11.5 Å². The van der Waals surface area contributed by atoms with Crippen LogP contribution in [0.3, 0.4) is 0 Å². The van der Waals surface area contributed by atoms with Crippen molar-refractivity contribution in [3.63, 3.8) is 0 Å². The number of para-hydroxylation sites is 1. The quantitative estimate of drug-likeness (QED) is 0.674. The minimum atomic E-state index is 0.171. The van der Waals surface area contributed by atoms with Crippen molar-refractivity contribution in [2.75, 3.05) is 23.3 Å². The van der Waals surface area contributed by atoms with E-state index in [0.717, 1.165) is 17.3 Å². The second-order valence-corrected chi connectivity index (χ2v) is 4.71. The van der Waals surface area contributed by atoms with E-state index < -0.39 is 0 Å². The highest BCUT2D eigenvalue weighted by Gasteiger charge is 2.03. The molecule has 0 amide bonds. The number of hydrogen-bond donors (Lipinski definition) is 3. The summed E-state index contributed by atoms with van der Waals surface area (Å²) in [5.41, 5.74) is 13.4. The van der Waals surface area contributed by atoms with E-state index in [1.54, 1.807) is 6.07 Å². The van der Waals surface area contributed by atoms with E-state index in [1.165, 1.54) is 5.56 Å². The maximum absolute atomic E-state index is 5.64. The van der Waals surface area contributed by atoms with Crippen molar-refractivity contribution in [1.82, 2.24) is 15.0 Å². The van der Waals surface area contributed by atoms with Crippen molar-refractivity contribution < 1.29 is 0 Å². The molecular formula is C15H16N6. The van der Waals surface area contributed by atoms with Crippen LogP contribution >= 0.6 is 0 Å². The van der Waals surface area contributed by atoms with E-state index in [2.05, 4.69) is 38.5 Å². The summed E-state index contributed by atoms with van der Waals surface area (Å²) < 4.78 is 0. The summed E-state index contributed by atoms with van der Waals surface area (Å²) >= 11 is 0. The Labute approximate surface area is 122 Å². The summed E-state index contributed by atoms with van der Waals surface area (Å²) in [5, 5.41) is 4.34. The number of aromatic nitrogens is 3. The van der Waals surface area contributed by atoms with Gasteiger partial charge in [0.25, 0.3) is 0 Å². The van der Waals surface area contributed by atoms with Gasteiger partial charge >= 0.3 is 0 Å². The van der Waals surface area contributed by atoms with Gasteiger partial charge in [0, 0.05) is 24.2 Å². The molecule has 1 aromatic carbocycles. The molecule has 0 saturated carbocycles. The third-order valence-corrected chi connectivity index (χ3v) is 3.18. The lowest BCUT2D eigenvalue weighted by molar-refractivity contribution is 1.01. The zero-order valence-electron chi connectivity index (χ0n) is 11.5. The number of benzene rings is 1. The number of nitrogen functional groups attached to an aromatic ring is 2. The lowest BCUT2D eigenvalue weighted by atomic mass is 10.1. The highest BCUT2D eigenvalue weighted by molar-refractivity contribution is 5.81. The molecule has 0 spiro atoms. The van der Waals surface area contributed by atoms with Crippen molar-refractivity contribution in [2.24, 2.45) is 0 Å². The number of anilines is 3. The lowest BCUT2D eigenvalue weighted by Gasteiger charge is -2.08. The topological polar surface area (TPSA) is 103 Å². The first-order valence-corrected chi connectivity index (χ1v) is 6.69. The zero-order chi connectivity index (χ0) is 14.7. The maximum Gasteiger partial charge on any atom is 0.223 e. The summed E-state index contributed by atoms with van der Waals surface area (Å²) in [7, 11) is 0. The van der Waals surface area contributed by atoms with Gasteiger partial charge in [0.2, 0.25) is 5.95 Å². The van der Waals surface area contributed by atoms with Gasteiger partial charge in [0.15, 0.2) is 0 Å². The van der Waals surface area contributed by atoms with Crippen molar-refractivity contribution in [3.8, 4) is 0 Å². The monoisotopic (exact) mass is 280 g/mol. The lowest BCUT2D eigenvalue weighted by Crippen LogP contribution is -2.09. The molecule has 2 heterocycles. The molecule has 21 heavy (non-hydrogen) atoms. The fourth-order valence-electron chi connectivity index (χ4n) is 2.27. The number of nitrogens with two attached hydrogens (primary N) is 2. The number of pyridine rings is 1. The van der Waals surface area contributed by atoms with Crippen LogP contribution in [-0.2, 0) is 6.42 Å². The van der Waals surface area contributed by atoms with Crippen LogP contribution in [0, 0.1) is 0 Å². The molecule has 3 rings (SSSR count). The Kier molecular flexibility index (Phi) is 3.51. The summed E-state index contributed by atoms with van der Waals surface area (Å²) in [5.74, 6) is 1.16. The first kappa shape index (κ1) is 13.1. The van der Waals surface area contributed by atoms with Gasteiger partial charge in [-0.05, 0) is 18.1 Å². The molecule has 3 aromatic rings. The predicted molar refractivity (Wildman–Crippen MR) is 84.8 cm³/mol. The normalized spacial score (nSPS) is 10.7. The first-order valence-electron chi connectivity index (χ1n) is 6.69. The average molecular weight is 280 g/mol. The van der Waals surface area contributed by atoms with Crippen LogP contribution < -0.4 is 16.8 Å². The van der Waals surface area contributed by atoms with E-state index in [-0.39, 0.29) is 5.95 Å². The molecule has 0 aliphatic carbocycles. The highest BCUT2D eigenvalue weighted by atomic mass is 15.1. The highest BCUT2D eigenvalue weighted by Crippen LogP contribution is 2.16. The van der Waals surface area contributed by atoms with E-state index in [0.29, 0.717) is 18.2 Å². The maximum atomic E-state index is 5.64. The number of fused-ring (bicyclic) bond motifs is 1. The Morgan fingerprint density at radius 1 is 1.05 bits per heavy atom. The summed E-state index contributed by atoms with van der Waals surface area (Å²) in [6, 6.07) is 11.9. The number of hydrogen-bond acceptors (Lipinski definition) is 6. The third-order valence-electron chi connectivity index (χ3n) is 3.18. The Morgan fingerprint density at radius 2 is 1.90 bits per heavy atom. The molecule has 0 bridgehead atoms. The van der Waals surface area contributed by atoms with Gasteiger partial charge < -0.3 is 16.8 Å². The van der Waals surface area contributed by atoms with Gasteiger partial charge in [-0.1, -0.05) is 24.3 Å². The summed E-state index contributed by atoms with van der Waals surface area (Å²) in [6.45, 7) is 0.714. The molecule has 0 unspecified atom stereocenters. The van der Waals surface area contributed by atoms with Crippen LogP contribution in [0.5, 0.6) is 0 Å². The molecule has 0 saturated heterocycles. The van der Waals surface area contributed by atoms with Gasteiger partial charge in [0.05, 0.1) is 5.52 Å². The molecule has 0 fully saturated rings. The van der Waals surface area contributed by atoms with Gasteiger partial charge in [-0.25, -0.2) is 0 Å². The van der Waals surface area contributed by atoms with Crippen LogP contribution in [0.1, 0.15) is 5.56 Å². The first-order chi connectivity index (χ1) is 10.2. The number of nitrogens with zero attached hydrogens (tertiary/aromatic N) is 3. The van der Waals surface area contributed by atoms with Gasteiger partial charge in [-0.3, -0.25) is 4.98 Å². The average Bonchev–Trinajstić information content (AvgIpc) is 2.46. The second kappa shape index (κ2) is 5.62. The Balaban J connectivity index is 1.72.